The summed E-state index contributed by atoms with van der Waals surface area (Å²) in [7, 11) is 4.02. The number of rotatable bonds is 8. The predicted molar refractivity (Wildman–Crippen MR) is 84.2 cm³/mol. The SMILES string of the molecule is CN(C)c1ccc(OCCCSCc2n[nH]c(=O)o2)cc1. The Balaban J connectivity index is 1.60. The van der Waals surface area contributed by atoms with Crippen molar-refractivity contribution in [1.82, 2.24) is 10.2 Å². The van der Waals surface area contributed by atoms with Gasteiger partial charge in [0.2, 0.25) is 5.89 Å². The lowest BCUT2D eigenvalue weighted by Crippen LogP contribution is -2.08. The van der Waals surface area contributed by atoms with Crippen molar-refractivity contribution in [2.75, 3.05) is 31.4 Å². The van der Waals surface area contributed by atoms with Gasteiger partial charge in [0.05, 0.1) is 12.4 Å². The molecule has 2 aromatic rings. The van der Waals surface area contributed by atoms with Gasteiger partial charge in [-0.1, -0.05) is 0 Å². The number of aromatic amines is 1. The first-order chi connectivity index (χ1) is 10.1. The number of nitrogens with one attached hydrogen (secondary N) is 1. The van der Waals surface area contributed by atoms with E-state index in [1.807, 2.05) is 43.3 Å². The summed E-state index contributed by atoms with van der Waals surface area (Å²) >= 11 is 1.66. The number of hydrogen-bond donors (Lipinski definition) is 1. The molecule has 1 N–H and O–H groups in total. The van der Waals surface area contributed by atoms with E-state index in [1.165, 1.54) is 0 Å². The molecule has 2 rings (SSSR count). The second kappa shape index (κ2) is 7.78. The average Bonchev–Trinajstić information content (AvgIpc) is 2.89. The van der Waals surface area contributed by atoms with Gasteiger partial charge in [-0.3, -0.25) is 0 Å². The summed E-state index contributed by atoms with van der Waals surface area (Å²) in [6.07, 6.45) is 0.925. The molecule has 0 spiro atoms. The van der Waals surface area contributed by atoms with Crippen LogP contribution in [0.3, 0.4) is 0 Å². The minimum atomic E-state index is -0.505. The lowest BCUT2D eigenvalue weighted by molar-refractivity contribution is 0.318. The van der Waals surface area contributed by atoms with Crippen molar-refractivity contribution in [3.8, 4) is 5.75 Å². The zero-order chi connectivity index (χ0) is 15.1. The molecule has 7 heteroatoms. The number of ether oxygens (including phenoxy) is 1. The Bertz CT molecular complexity index is 592. The van der Waals surface area contributed by atoms with Crippen LogP contribution in [0.1, 0.15) is 12.3 Å². The molecule has 0 unspecified atom stereocenters. The van der Waals surface area contributed by atoms with E-state index in [2.05, 4.69) is 10.2 Å². The predicted octanol–water partition coefficient (Wildman–Crippen LogP) is 2.13. The summed E-state index contributed by atoms with van der Waals surface area (Å²) in [6.45, 7) is 0.666. The molecule has 0 atom stereocenters. The molecular weight excluding hydrogens is 290 g/mol. The number of nitrogens with zero attached hydrogens (tertiary/aromatic N) is 2. The maximum Gasteiger partial charge on any atom is 0.434 e. The highest BCUT2D eigenvalue weighted by atomic mass is 32.2. The van der Waals surface area contributed by atoms with Crippen molar-refractivity contribution in [2.45, 2.75) is 12.2 Å². The van der Waals surface area contributed by atoms with E-state index in [0.717, 1.165) is 23.6 Å². The Morgan fingerprint density at radius 3 is 2.71 bits per heavy atom. The molecule has 21 heavy (non-hydrogen) atoms. The molecule has 0 radical (unpaired) electrons. The first kappa shape index (κ1) is 15.5. The van der Waals surface area contributed by atoms with Gasteiger partial charge in [0.1, 0.15) is 5.75 Å². The minimum absolute atomic E-state index is 0.435. The van der Waals surface area contributed by atoms with Crippen LogP contribution >= 0.6 is 11.8 Å². The van der Waals surface area contributed by atoms with Crippen LogP contribution in [0.4, 0.5) is 5.69 Å². The molecule has 6 nitrogen and oxygen atoms in total. The topological polar surface area (TPSA) is 71.4 Å². The number of aromatic nitrogens is 2. The van der Waals surface area contributed by atoms with Crippen molar-refractivity contribution in [1.29, 1.82) is 0 Å². The van der Waals surface area contributed by atoms with Gasteiger partial charge in [0, 0.05) is 19.8 Å². The quantitative estimate of drug-likeness (QED) is 0.753. The van der Waals surface area contributed by atoms with Gasteiger partial charge in [-0.25, -0.2) is 9.89 Å². The molecule has 0 aliphatic rings. The normalized spacial score (nSPS) is 10.6. The van der Waals surface area contributed by atoms with Gasteiger partial charge in [-0.05, 0) is 36.4 Å². The first-order valence-corrected chi connectivity index (χ1v) is 7.83. The van der Waals surface area contributed by atoms with E-state index < -0.39 is 5.76 Å². The van der Waals surface area contributed by atoms with Crippen molar-refractivity contribution >= 4 is 17.4 Å². The molecule has 0 saturated heterocycles. The number of hydrogen-bond acceptors (Lipinski definition) is 6. The maximum atomic E-state index is 10.7. The molecule has 0 aliphatic carbocycles. The highest BCUT2D eigenvalue weighted by molar-refractivity contribution is 7.98. The lowest BCUT2D eigenvalue weighted by Gasteiger charge is -2.13. The smallest absolute Gasteiger partial charge is 0.434 e. The third-order valence-electron chi connectivity index (χ3n) is 2.76. The standard InChI is InChI=1S/C14H19N3O3S/c1-17(2)11-4-6-12(7-5-11)19-8-3-9-21-10-13-15-16-14(18)20-13/h4-7H,3,8-10H2,1-2H3,(H,16,18). The highest BCUT2D eigenvalue weighted by Crippen LogP contribution is 2.18. The van der Waals surface area contributed by atoms with Gasteiger partial charge in [0.25, 0.3) is 0 Å². The van der Waals surface area contributed by atoms with E-state index in [1.54, 1.807) is 11.8 Å². The monoisotopic (exact) mass is 309 g/mol. The Kier molecular flexibility index (Phi) is 5.74. The molecule has 0 aliphatic heterocycles. The van der Waals surface area contributed by atoms with E-state index >= 15 is 0 Å². The lowest BCUT2D eigenvalue weighted by atomic mass is 10.3. The zero-order valence-electron chi connectivity index (χ0n) is 12.2. The van der Waals surface area contributed by atoms with Gasteiger partial charge >= 0.3 is 5.76 Å². The van der Waals surface area contributed by atoms with Crippen LogP contribution in [-0.4, -0.2) is 36.7 Å². The molecule has 1 aromatic heterocycles. The molecule has 0 amide bonds. The van der Waals surface area contributed by atoms with E-state index in [0.29, 0.717) is 18.3 Å². The molecule has 0 bridgehead atoms. The number of benzene rings is 1. The number of H-pyrrole nitrogens is 1. The summed E-state index contributed by atoms with van der Waals surface area (Å²) in [5, 5.41) is 5.98. The third-order valence-corrected chi connectivity index (χ3v) is 3.79. The Morgan fingerprint density at radius 1 is 1.33 bits per heavy atom. The Labute approximate surface area is 127 Å². The fourth-order valence-electron chi connectivity index (χ4n) is 1.67. The van der Waals surface area contributed by atoms with Crippen LogP contribution in [0.5, 0.6) is 5.75 Å². The first-order valence-electron chi connectivity index (χ1n) is 6.67. The van der Waals surface area contributed by atoms with Crippen molar-refractivity contribution < 1.29 is 9.15 Å². The molecule has 0 fully saturated rings. The summed E-state index contributed by atoms with van der Waals surface area (Å²) in [6, 6.07) is 8.01. The molecule has 114 valence electrons. The maximum absolute atomic E-state index is 10.7. The second-order valence-corrected chi connectivity index (χ2v) is 5.75. The van der Waals surface area contributed by atoms with Gasteiger partial charge in [-0.2, -0.15) is 11.8 Å². The van der Waals surface area contributed by atoms with Gasteiger partial charge in [0.15, 0.2) is 0 Å². The summed E-state index contributed by atoms with van der Waals surface area (Å²) in [5.74, 6) is 2.33. The van der Waals surface area contributed by atoms with Crippen LogP contribution < -0.4 is 15.4 Å². The van der Waals surface area contributed by atoms with Gasteiger partial charge in [-0.15, -0.1) is 5.10 Å². The zero-order valence-corrected chi connectivity index (χ0v) is 13.0. The van der Waals surface area contributed by atoms with Crippen LogP contribution in [0.25, 0.3) is 0 Å². The van der Waals surface area contributed by atoms with Crippen LogP contribution in [0.15, 0.2) is 33.5 Å². The molecular formula is C14H19N3O3S. The minimum Gasteiger partial charge on any atom is -0.494 e. The Hall–Kier alpha value is -1.89. The molecule has 1 aromatic carbocycles. The largest absolute Gasteiger partial charge is 0.494 e. The Morgan fingerprint density at radius 2 is 2.10 bits per heavy atom. The second-order valence-electron chi connectivity index (χ2n) is 4.65. The van der Waals surface area contributed by atoms with Crippen LogP contribution in [0, 0.1) is 0 Å². The molecule has 1 heterocycles. The van der Waals surface area contributed by atoms with E-state index in [4.69, 9.17) is 9.15 Å². The number of anilines is 1. The van der Waals surface area contributed by atoms with Crippen LogP contribution in [0.2, 0.25) is 0 Å². The summed E-state index contributed by atoms with van der Waals surface area (Å²) < 4.78 is 10.5. The van der Waals surface area contributed by atoms with Crippen molar-refractivity contribution in [3.63, 3.8) is 0 Å². The van der Waals surface area contributed by atoms with Crippen molar-refractivity contribution in [2.24, 2.45) is 0 Å². The van der Waals surface area contributed by atoms with Crippen molar-refractivity contribution in [3.05, 3.63) is 40.7 Å². The molecule has 0 saturated carbocycles. The fraction of sp³-hybridized carbons (Fsp3) is 0.429. The summed E-state index contributed by atoms with van der Waals surface area (Å²) in [4.78, 5) is 12.8. The third kappa shape index (κ3) is 5.18. The van der Waals surface area contributed by atoms with Crippen LogP contribution in [-0.2, 0) is 5.75 Å². The summed E-state index contributed by atoms with van der Waals surface area (Å²) in [5.41, 5.74) is 1.15. The highest BCUT2D eigenvalue weighted by Gasteiger charge is 2.01. The fourth-order valence-corrected chi connectivity index (χ4v) is 2.44. The number of thioether (sulfide) groups is 1. The van der Waals surface area contributed by atoms with Gasteiger partial charge < -0.3 is 14.1 Å². The average molecular weight is 309 g/mol. The van der Waals surface area contributed by atoms with E-state index in [-0.39, 0.29) is 0 Å². The van der Waals surface area contributed by atoms with E-state index in [9.17, 15) is 4.79 Å².